The van der Waals surface area contributed by atoms with Crippen LogP contribution in [0.15, 0.2) is 76.0 Å². The summed E-state index contributed by atoms with van der Waals surface area (Å²) < 4.78 is 18.0. The van der Waals surface area contributed by atoms with Gasteiger partial charge in [0.15, 0.2) is 5.43 Å². The van der Waals surface area contributed by atoms with Crippen molar-refractivity contribution in [3.8, 4) is 17.2 Å². The van der Waals surface area contributed by atoms with Crippen molar-refractivity contribution in [3.05, 3.63) is 93.9 Å². The van der Waals surface area contributed by atoms with E-state index in [4.69, 9.17) is 13.9 Å². The van der Waals surface area contributed by atoms with Gasteiger partial charge in [-0.05, 0) is 60.4 Å². The van der Waals surface area contributed by atoms with Crippen molar-refractivity contribution < 1.29 is 19.0 Å². The molecule has 0 unspecified atom stereocenters. The molecular formula is C30H26O5. The molecule has 4 aromatic carbocycles. The van der Waals surface area contributed by atoms with Gasteiger partial charge in [0.05, 0.1) is 23.3 Å². The van der Waals surface area contributed by atoms with Crippen molar-refractivity contribution in [1.82, 2.24) is 0 Å². The molecule has 5 rings (SSSR count). The summed E-state index contributed by atoms with van der Waals surface area (Å²) >= 11 is 0. The molecular weight excluding hydrogens is 440 g/mol. The first kappa shape index (κ1) is 22.5. The minimum Gasteiger partial charge on any atom is -0.507 e. The molecule has 1 heterocycles. The quantitative estimate of drug-likeness (QED) is 0.220. The summed E-state index contributed by atoms with van der Waals surface area (Å²) in [5, 5.41) is 14.1. The van der Waals surface area contributed by atoms with Crippen LogP contribution in [0.3, 0.4) is 0 Å². The van der Waals surface area contributed by atoms with E-state index in [-0.39, 0.29) is 11.2 Å². The second-order valence-electron chi connectivity index (χ2n) is 8.67. The highest BCUT2D eigenvalue weighted by molar-refractivity contribution is 6.17. The average Bonchev–Trinajstić information content (AvgIpc) is 2.85. The van der Waals surface area contributed by atoms with E-state index >= 15 is 0 Å². The Kier molecular flexibility index (Phi) is 5.69. The molecule has 0 bridgehead atoms. The zero-order valence-electron chi connectivity index (χ0n) is 20.1. The molecule has 0 saturated heterocycles. The number of rotatable bonds is 5. The second kappa shape index (κ2) is 8.84. The number of aromatic hydroxyl groups is 1. The number of hydrogen-bond donors (Lipinski definition) is 1. The van der Waals surface area contributed by atoms with Crippen LogP contribution in [-0.4, -0.2) is 12.2 Å². The van der Waals surface area contributed by atoms with Crippen LogP contribution in [0.25, 0.3) is 38.1 Å². The molecule has 1 aromatic heterocycles. The first-order chi connectivity index (χ1) is 16.9. The van der Waals surface area contributed by atoms with Gasteiger partial charge in [0.2, 0.25) is 0 Å². The van der Waals surface area contributed by atoms with E-state index in [0.29, 0.717) is 51.0 Å². The van der Waals surface area contributed by atoms with Gasteiger partial charge in [-0.1, -0.05) is 42.5 Å². The molecule has 0 aliphatic rings. The maximum Gasteiger partial charge on any atom is 0.193 e. The SMILES string of the molecule is C/C=C(\C)c1cc(O)c2c(C)cc3cc4cc(OCc5ccccc5)cc(=O)c4c(OC)c3c2o1. The third-order valence-corrected chi connectivity index (χ3v) is 6.39. The number of ether oxygens (including phenoxy) is 2. The monoisotopic (exact) mass is 466 g/mol. The number of benzene rings is 4. The maximum absolute atomic E-state index is 13.3. The first-order valence-electron chi connectivity index (χ1n) is 11.5. The number of aryl methyl sites for hydroxylation is 1. The molecule has 1 N–H and O–H groups in total. The number of fused-ring (bicyclic) bond motifs is 4. The molecule has 5 aromatic rings. The Balaban J connectivity index is 1.77. The number of methoxy groups -OCH3 is 1. The zero-order valence-corrected chi connectivity index (χ0v) is 20.1. The molecule has 0 atom stereocenters. The molecule has 5 nitrogen and oxygen atoms in total. The van der Waals surface area contributed by atoms with Gasteiger partial charge in [0, 0.05) is 12.1 Å². The molecule has 0 saturated carbocycles. The van der Waals surface area contributed by atoms with Crippen LogP contribution in [0.2, 0.25) is 0 Å². The smallest absolute Gasteiger partial charge is 0.193 e. The summed E-state index contributed by atoms with van der Waals surface area (Å²) in [5.74, 6) is 1.59. The van der Waals surface area contributed by atoms with Gasteiger partial charge < -0.3 is 19.0 Å². The lowest BCUT2D eigenvalue weighted by Crippen LogP contribution is -2.05. The van der Waals surface area contributed by atoms with E-state index in [0.717, 1.165) is 22.1 Å². The van der Waals surface area contributed by atoms with E-state index < -0.39 is 0 Å². The Labute approximate surface area is 202 Å². The lowest BCUT2D eigenvalue weighted by molar-refractivity contribution is 0.306. The minimum absolute atomic E-state index is 0.121. The van der Waals surface area contributed by atoms with E-state index in [1.54, 1.807) is 13.2 Å². The highest BCUT2D eigenvalue weighted by atomic mass is 16.5. The van der Waals surface area contributed by atoms with Crippen molar-refractivity contribution >= 4 is 38.1 Å². The van der Waals surface area contributed by atoms with Crippen molar-refractivity contribution in [2.24, 2.45) is 0 Å². The normalized spacial score (nSPS) is 11.9. The molecule has 5 heteroatoms. The number of allylic oxidation sites excluding steroid dienone is 2. The van der Waals surface area contributed by atoms with E-state index in [9.17, 15) is 9.90 Å². The van der Waals surface area contributed by atoms with E-state index in [1.807, 2.05) is 75.4 Å². The van der Waals surface area contributed by atoms with E-state index in [2.05, 4.69) is 0 Å². The predicted octanol–water partition coefficient (Wildman–Crippen LogP) is 7.12. The molecule has 35 heavy (non-hydrogen) atoms. The Morgan fingerprint density at radius 3 is 2.46 bits per heavy atom. The summed E-state index contributed by atoms with van der Waals surface area (Å²) in [6.07, 6.45) is 1.92. The van der Waals surface area contributed by atoms with Crippen molar-refractivity contribution in [2.75, 3.05) is 7.11 Å². The maximum atomic E-state index is 13.3. The standard InChI is InChI=1S/C30H26O5/c1-5-17(2)25-15-24(32)26-18(3)11-20-12-21-13-22(34-16-19-9-7-6-8-10-19)14-23(31)27(21)29(33-4)28(20)30(26)35-25/h5-15,32H,16H2,1-4H3/b17-5+. The summed E-state index contributed by atoms with van der Waals surface area (Å²) in [6, 6.07) is 18.7. The number of hydrogen-bond acceptors (Lipinski definition) is 5. The predicted molar refractivity (Wildman–Crippen MR) is 141 cm³/mol. The highest BCUT2D eigenvalue weighted by Gasteiger charge is 2.20. The van der Waals surface area contributed by atoms with Gasteiger partial charge in [0.1, 0.15) is 35.2 Å². The fourth-order valence-corrected chi connectivity index (χ4v) is 4.54. The fourth-order valence-electron chi connectivity index (χ4n) is 4.54. The lowest BCUT2D eigenvalue weighted by Gasteiger charge is -2.16. The molecule has 0 aliphatic carbocycles. The minimum atomic E-state index is -0.206. The molecule has 0 radical (unpaired) electrons. The largest absolute Gasteiger partial charge is 0.507 e. The van der Waals surface area contributed by atoms with Gasteiger partial charge in [-0.3, -0.25) is 4.79 Å². The first-order valence-corrected chi connectivity index (χ1v) is 11.5. The van der Waals surface area contributed by atoms with Gasteiger partial charge in [-0.2, -0.15) is 0 Å². The summed E-state index contributed by atoms with van der Waals surface area (Å²) in [5.41, 5.74) is 3.05. The Morgan fingerprint density at radius 1 is 1.00 bits per heavy atom. The van der Waals surface area contributed by atoms with E-state index in [1.165, 1.54) is 6.07 Å². The van der Waals surface area contributed by atoms with Crippen molar-refractivity contribution in [3.63, 3.8) is 0 Å². The second-order valence-corrected chi connectivity index (χ2v) is 8.67. The highest BCUT2D eigenvalue weighted by Crippen LogP contribution is 2.43. The molecule has 0 fully saturated rings. The molecule has 0 amide bonds. The van der Waals surface area contributed by atoms with Crippen molar-refractivity contribution in [1.29, 1.82) is 0 Å². The van der Waals surface area contributed by atoms with Gasteiger partial charge in [0.25, 0.3) is 0 Å². The van der Waals surface area contributed by atoms with Crippen LogP contribution in [0.5, 0.6) is 17.2 Å². The zero-order chi connectivity index (χ0) is 24.7. The topological polar surface area (TPSA) is 68.9 Å². The van der Waals surface area contributed by atoms with Crippen LogP contribution < -0.4 is 14.9 Å². The molecule has 176 valence electrons. The Bertz CT molecular complexity index is 1680. The van der Waals surface area contributed by atoms with Crippen LogP contribution in [0.4, 0.5) is 0 Å². The molecule has 0 spiro atoms. The summed E-state index contributed by atoms with van der Waals surface area (Å²) in [7, 11) is 1.54. The van der Waals surface area contributed by atoms with Crippen LogP contribution >= 0.6 is 0 Å². The van der Waals surface area contributed by atoms with Gasteiger partial charge in [-0.25, -0.2) is 0 Å². The van der Waals surface area contributed by atoms with Gasteiger partial charge in [-0.15, -0.1) is 0 Å². The van der Waals surface area contributed by atoms with Crippen LogP contribution in [-0.2, 0) is 6.61 Å². The lowest BCUT2D eigenvalue weighted by atomic mass is 9.96. The van der Waals surface area contributed by atoms with Gasteiger partial charge >= 0.3 is 0 Å². The van der Waals surface area contributed by atoms with Crippen LogP contribution in [0.1, 0.15) is 30.7 Å². The summed E-state index contributed by atoms with van der Waals surface area (Å²) in [4.78, 5) is 13.3. The molecule has 0 aliphatic heterocycles. The third kappa shape index (κ3) is 3.89. The van der Waals surface area contributed by atoms with Crippen LogP contribution in [0, 0.1) is 6.92 Å². The Hall–Kier alpha value is -4.25. The average molecular weight is 467 g/mol. The summed E-state index contributed by atoms with van der Waals surface area (Å²) in [6.45, 7) is 6.12. The van der Waals surface area contributed by atoms with Crippen molar-refractivity contribution in [2.45, 2.75) is 27.4 Å². The fraction of sp³-hybridized carbons (Fsp3) is 0.167. The Morgan fingerprint density at radius 2 is 1.74 bits per heavy atom. The third-order valence-electron chi connectivity index (χ3n) is 6.39.